The molecule has 0 radical (unpaired) electrons. The average Bonchev–Trinajstić information content (AvgIpc) is 3.23. The van der Waals surface area contributed by atoms with E-state index in [0.29, 0.717) is 11.4 Å². The molecule has 0 saturated carbocycles. The second kappa shape index (κ2) is 9.27. The zero-order valence-corrected chi connectivity index (χ0v) is 15.9. The van der Waals surface area contributed by atoms with E-state index in [-0.39, 0.29) is 23.6 Å². The topological polar surface area (TPSA) is 113 Å². The minimum atomic E-state index is -0.330. The van der Waals surface area contributed by atoms with Crippen LogP contribution < -0.4 is 16.4 Å². The summed E-state index contributed by atoms with van der Waals surface area (Å²) in [4.78, 5) is 16.4. The molecule has 2 aromatic carbocycles. The van der Waals surface area contributed by atoms with Gasteiger partial charge >= 0.3 is 0 Å². The van der Waals surface area contributed by atoms with Gasteiger partial charge in [0.25, 0.3) is 5.91 Å². The van der Waals surface area contributed by atoms with E-state index in [2.05, 4.69) is 15.6 Å². The number of aromatic hydroxyl groups is 1. The molecule has 0 saturated heterocycles. The largest absolute Gasteiger partial charge is 0.508 e. The maximum Gasteiger partial charge on any atom is 0.291 e. The number of phenolic OH excluding ortho intramolecular Hbond substituents is 1. The number of allylic oxidation sites excluding steroid dienone is 1. The van der Waals surface area contributed by atoms with Crippen LogP contribution in [0.5, 0.6) is 5.75 Å². The molecule has 0 aliphatic heterocycles. The Kier molecular flexibility index (Phi) is 6.32. The summed E-state index contributed by atoms with van der Waals surface area (Å²) >= 11 is 0. The minimum Gasteiger partial charge on any atom is -0.508 e. The maximum absolute atomic E-state index is 12.1. The second-order valence-corrected chi connectivity index (χ2v) is 6.30. The molecule has 0 fully saturated rings. The van der Waals surface area contributed by atoms with Gasteiger partial charge in [-0.05, 0) is 55.0 Å². The van der Waals surface area contributed by atoms with Gasteiger partial charge in [0, 0.05) is 29.4 Å². The van der Waals surface area contributed by atoms with Crippen molar-refractivity contribution in [3.8, 4) is 5.75 Å². The maximum atomic E-state index is 12.1. The molecule has 1 atom stereocenters. The number of amides is 1. The molecule has 3 aromatic rings. The van der Waals surface area contributed by atoms with E-state index >= 15 is 0 Å². The lowest BCUT2D eigenvalue weighted by atomic mass is 10.1. The van der Waals surface area contributed by atoms with Gasteiger partial charge in [-0.2, -0.15) is 0 Å². The van der Waals surface area contributed by atoms with Gasteiger partial charge in [0.1, 0.15) is 11.9 Å². The normalized spacial score (nSPS) is 12.7. The fourth-order valence-electron chi connectivity index (χ4n) is 2.60. The van der Waals surface area contributed by atoms with Gasteiger partial charge in [-0.3, -0.25) is 9.79 Å². The molecular weight excluding hydrogens is 368 g/mol. The molecular formula is C22H22N4O3. The molecule has 0 aliphatic carbocycles. The summed E-state index contributed by atoms with van der Waals surface area (Å²) in [6, 6.07) is 17.3. The monoisotopic (exact) mass is 390 g/mol. The van der Waals surface area contributed by atoms with Gasteiger partial charge in [-0.25, -0.2) is 0 Å². The van der Waals surface area contributed by atoms with Crippen LogP contribution in [-0.2, 0) is 0 Å². The molecule has 0 aliphatic rings. The van der Waals surface area contributed by atoms with Crippen molar-refractivity contribution < 1.29 is 14.3 Å². The number of nitrogens with one attached hydrogen (secondary N) is 2. The van der Waals surface area contributed by atoms with Crippen LogP contribution in [0.25, 0.3) is 5.70 Å². The smallest absolute Gasteiger partial charge is 0.291 e. The van der Waals surface area contributed by atoms with Crippen molar-refractivity contribution in [1.29, 1.82) is 0 Å². The quantitative estimate of drug-likeness (QED) is 0.454. The number of benzene rings is 2. The van der Waals surface area contributed by atoms with Crippen LogP contribution in [0.2, 0.25) is 0 Å². The third kappa shape index (κ3) is 5.74. The number of nitrogens with two attached hydrogens (primary N) is 1. The highest BCUT2D eigenvalue weighted by Crippen LogP contribution is 2.17. The lowest BCUT2D eigenvalue weighted by Gasteiger charge is -2.10. The Morgan fingerprint density at radius 1 is 1.14 bits per heavy atom. The average molecular weight is 390 g/mol. The first-order valence-electron chi connectivity index (χ1n) is 9.01. The molecule has 1 unspecified atom stereocenters. The van der Waals surface area contributed by atoms with E-state index < -0.39 is 0 Å². The van der Waals surface area contributed by atoms with Crippen LogP contribution in [0.1, 0.15) is 23.0 Å². The molecule has 7 nitrogen and oxygen atoms in total. The molecule has 0 spiro atoms. The lowest BCUT2D eigenvalue weighted by Crippen LogP contribution is -2.12. The summed E-state index contributed by atoms with van der Waals surface area (Å²) in [5, 5.41) is 15.4. The summed E-state index contributed by atoms with van der Waals surface area (Å²) in [7, 11) is 0. The zero-order chi connectivity index (χ0) is 20.6. The van der Waals surface area contributed by atoms with Crippen LogP contribution in [0.15, 0.2) is 82.4 Å². The number of furan rings is 1. The summed E-state index contributed by atoms with van der Waals surface area (Å²) in [6.07, 6.45) is 4.54. The Morgan fingerprint density at radius 3 is 2.69 bits per heavy atom. The van der Waals surface area contributed by atoms with E-state index in [1.165, 1.54) is 6.26 Å². The van der Waals surface area contributed by atoms with Crippen LogP contribution in [0.4, 0.5) is 11.4 Å². The Balaban J connectivity index is 1.61. The van der Waals surface area contributed by atoms with Crippen molar-refractivity contribution >= 4 is 29.2 Å². The Morgan fingerprint density at radius 2 is 1.93 bits per heavy atom. The summed E-state index contributed by atoms with van der Waals surface area (Å²) in [6.45, 7) is 1.88. The number of rotatable bonds is 7. The van der Waals surface area contributed by atoms with E-state index in [4.69, 9.17) is 10.2 Å². The Labute approximate surface area is 168 Å². The molecule has 7 heteroatoms. The second-order valence-electron chi connectivity index (χ2n) is 6.30. The SMILES string of the molecule is CC(/N=C\C=C(/N)c1cccc(NC(=O)c2ccco2)c1)Nc1cccc(O)c1. The van der Waals surface area contributed by atoms with E-state index in [0.717, 1.165) is 11.3 Å². The van der Waals surface area contributed by atoms with Gasteiger partial charge < -0.3 is 25.9 Å². The fraction of sp³-hybridized carbons (Fsp3) is 0.0909. The summed E-state index contributed by atoms with van der Waals surface area (Å²) in [5.74, 6) is 0.0942. The number of aliphatic imine (C=N–C) groups is 1. The van der Waals surface area contributed by atoms with Crippen molar-refractivity contribution in [2.45, 2.75) is 13.1 Å². The molecule has 1 heterocycles. The van der Waals surface area contributed by atoms with Gasteiger partial charge in [0.05, 0.1) is 6.26 Å². The Bertz CT molecular complexity index is 1030. The number of nitrogens with zero attached hydrogens (tertiary/aromatic N) is 1. The molecule has 0 bridgehead atoms. The van der Waals surface area contributed by atoms with Crippen molar-refractivity contribution in [1.82, 2.24) is 0 Å². The highest BCUT2D eigenvalue weighted by Gasteiger charge is 2.09. The van der Waals surface area contributed by atoms with Crippen LogP contribution in [0.3, 0.4) is 0 Å². The van der Waals surface area contributed by atoms with E-state index in [1.807, 2.05) is 19.1 Å². The highest BCUT2D eigenvalue weighted by molar-refractivity contribution is 6.02. The van der Waals surface area contributed by atoms with Crippen molar-refractivity contribution in [3.05, 3.63) is 84.3 Å². The highest BCUT2D eigenvalue weighted by atomic mass is 16.3. The molecule has 3 rings (SSSR count). The van der Waals surface area contributed by atoms with Crippen molar-refractivity contribution in [2.75, 3.05) is 10.6 Å². The summed E-state index contributed by atoms with van der Waals surface area (Å²) in [5.41, 5.74) is 8.77. The number of anilines is 2. The third-order valence-electron chi connectivity index (χ3n) is 3.98. The molecule has 1 aromatic heterocycles. The van der Waals surface area contributed by atoms with Gasteiger partial charge in [0.15, 0.2) is 5.76 Å². The number of carbonyl (C=O) groups is 1. The van der Waals surface area contributed by atoms with Crippen LogP contribution >= 0.6 is 0 Å². The van der Waals surface area contributed by atoms with Gasteiger partial charge in [-0.15, -0.1) is 0 Å². The Hall–Kier alpha value is -4.00. The van der Waals surface area contributed by atoms with Gasteiger partial charge in [0.2, 0.25) is 0 Å². The first-order valence-corrected chi connectivity index (χ1v) is 9.01. The van der Waals surface area contributed by atoms with E-state index in [1.54, 1.807) is 60.8 Å². The molecule has 1 amide bonds. The first kappa shape index (κ1) is 19.8. The zero-order valence-electron chi connectivity index (χ0n) is 15.9. The van der Waals surface area contributed by atoms with Crippen LogP contribution in [0, 0.1) is 0 Å². The third-order valence-corrected chi connectivity index (χ3v) is 3.98. The fourth-order valence-corrected chi connectivity index (χ4v) is 2.60. The number of phenols is 1. The lowest BCUT2D eigenvalue weighted by molar-refractivity contribution is 0.0996. The molecule has 29 heavy (non-hydrogen) atoms. The minimum absolute atomic E-state index is 0.189. The standard InChI is InChI=1S/C22H22N4O3/c1-15(25-18-7-3-8-19(27)14-18)24-11-10-20(23)16-5-2-6-17(13-16)26-22(28)21-9-4-12-29-21/h2-15,25,27H,23H2,1H3,(H,26,28)/b20-10-,24-11-. The number of hydrogen-bond acceptors (Lipinski definition) is 6. The molecule has 5 N–H and O–H groups in total. The molecule has 148 valence electrons. The van der Waals surface area contributed by atoms with Gasteiger partial charge in [-0.1, -0.05) is 18.2 Å². The summed E-state index contributed by atoms with van der Waals surface area (Å²) < 4.78 is 5.08. The predicted octanol–water partition coefficient (Wildman–Crippen LogP) is 4.07. The van der Waals surface area contributed by atoms with Crippen molar-refractivity contribution in [3.63, 3.8) is 0 Å². The van der Waals surface area contributed by atoms with E-state index in [9.17, 15) is 9.90 Å². The predicted molar refractivity (Wildman–Crippen MR) is 115 cm³/mol. The van der Waals surface area contributed by atoms with Crippen molar-refractivity contribution in [2.24, 2.45) is 10.7 Å². The first-order chi connectivity index (χ1) is 14.0. The number of carbonyl (C=O) groups excluding carboxylic acids is 1. The van der Waals surface area contributed by atoms with Crippen LogP contribution in [-0.4, -0.2) is 23.4 Å². The number of hydrogen-bond donors (Lipinski definition) is 4.